The number of methoxy groups -OCH3 is 1. The van der Waals surface area contributed by atoms with Gasteiger partial charge in [-0.1, -0.05) is 13.8 Å². The molecule has 1 heterocycles. The molecule has 0 aliphatic heterocycles. The lowest BCUT2D eigenvalue weighted by molar-refractivity contribution is 0.299. The van der Waals surface area contributed by atoms with Gasteiger partial charge in [0.2, 0.25) is 11.8 Å². The zero-order chi connectivity index (χ0) is 13.4. The largest absolute Gasteiger partial charge is 0.481 e. The molecule has 0 atom stereocenters. The maximum absolute atomic E-state index is 5.12. The molecule has 1 rings (SSSR count). The SMILES string of the molecule is CCCN(CC)CCNc1nc(C)cc(OC)n1. The maximum Gasteiger partial charge on any atom is 0.226 e. The first-order chi connectivity index (χ1) is 8.69. The lowest BCUT2D eigenvalue weighted by atomic mass is 10.4. The second-order valence-electron chi connectivity index (χ2n) is 4.24. The number of aryl methyl sites for hydroxylation is 1. The first-order valence-electron chi connectivity index (χ1n) is 6.55. The molecule has 0 bridgehead atoms. The quantitative estimate of drug-likeness (QED) is 0.766. The number of hydrogen-bond acceptors (Lipinski definition) is 5. The van der Waals surface area contributed by atoms with Gasteiger partial charge < -0.3 is 15.0 Å². The van der Waals surface area contributed by atoms with Gasteiger partial charge in [0.15, 0.2) is 0 Å². The highest BCUT2D eigenvalue weighted by Gasteiger charge is 2.03. The summed E-state index contributed by atoms with van der Waals surface area (Å²) in [6.07, 6.45) is 1.18. The predicted molar refractivity (Wildman–Crippen MR) is 74.2 cm³/mol. The fourth-order valence-electron chi connectivity index (χ4n) is 1.79. The fraction of sp³-hybridized carbons (Fsp3) is 0.692. The summed E-state index contributed by atoms with van der Waals surface area (Å²) in [6, 6.07) is 1.82. The van der Waals surface area contributed by atoms with Crippen molar-refractivity contribution in [1.82, 2.24) is 14.9 Å². The number of likely N-dealkylation sites (N-methyl/N-ethyl adjacent to an activating group) is 1. The van der Waals surface area contributed by atoms with Gasteiger partial charge in [-0.15, -0.1) is 0 Å². The molecular weight excluding hydrogens is 228 g/mol. The van der Waals surface area contributed by atoms with Crippen LogP contribution in [0.3, 0.4) is 0 Å². The monoisotopic (exact) mass is 252 g/mol. The van der Waals surface area contributed by atoms with E-state index in [-0.39, 0.29) is 0 Å². The molecule has 0 spiro atoms. The Morgan fingerprint density at radius 3 is 2.67 bits per heavy atom. The van der Waals surface area contributed by atoms with Crippen molar-refractivity contribution < 1.29 is 4.74 Å². The van der Waals surface area contributed by atoms with E-state index in [2.05, 4.69) is 34.0 Å². The molecule has 0 aromatic carbocycles. The third-order valence-corrected chi connectivity index (χ3v) is 2.74. The normalized spacial score (nSPS) is 10.7. The average Bonchev–Trinajstić information content (AvgIpc) is 2.37. The van der Waals surface area contributed by atoms with E-state index in [0.29, 0.717) is 11.8 Å². The second-order valence-corrected chi connectivity index (χ2v) is 4.24. The molecule has 102 valence electrons. The Morgan fingerprint density at radius 1 is 1.28 bits per heavy atom. The molecule has 0 aliphatic carbocycles. The molecule has 18 heavy (non-hydrogen) atoms. The number of rotatable bonds is 8. The van der Waals surface area contributed by atoms with Crippen LogP contribution in [0.4, 0.5) is 5.95 Å². The van der Waals surface area contributed by atoms with Gasteiger partial charge in [-0.2, -0.15) is 4.98 Å². The Kier molecular flexibility index (Phi) is 6.43. The zero-order valence-electron chi connectivity index (χ0n) is 11.9. The van der Waals surface area contributed by atoms with Crippen molar-refractivity contribution in [1.29, 1.82) is 0 Å². The van der Waals surface area contributed by atoms with Crippen molar-refractivity contribution in [2.75, 3.05) is 38.6 Å². The summed E-state index contributed by atoms with van der Waals surface area (Å²) < 4.78 is 5.12. The molecule has 0 amide bonds. The number of hydrogen-bond donors (Lipinski definition) is 1. The molecule has 1 N–H and O–H groups in total. The van der Waals surface area contributed by atoms with E-state index in [1.807, 2.05) is 13.0 Å². The molecule has 0 aliphatic rings. The first kappa shape index (κ1) is 14.7. The summed E-state index contributed by atoms with van der Waals surface area (Å²) >= 11 is 0. The van der Waals surface area contributed by atoms with Gasteiger partial charge >= 0.3 is 0 Å². The van der Waals surface area contributed by atoms with E-state index in [0.717, 1.165) is 31.9 Å². The van der Waals surface area contributed by atoms with Crippen molar-refractivity contribution in [3.63, 3.8) is 0 Å². The summed E-state index contributed by atoms with van der Waals surface area (Å²) in [6.45, 7) is 10.4. The van der Waals surface area contributed by atoms with Gasteiger partial charge in [-0.05, 0) is 26.4 Å². The van der Waals surface area contributed by atoms with Crippen molar-refractivity contribution in [2.45, 2.75) is 27.2 Å². The minimum atomic E-state index is 0.603. The highest BCUT2D eigenvalue weighted by Crippen LogP contribution is 2.10. The van der Waals surface area contributed by atoms with Crippen molar-refractivity contribution in [2.24, 2.45) is 0 Å². The number of ether oxygens (including phenoxy) is 1. The van der Waals surface area contributed by atoms with Crippen LogP contribution in [0.1, 0.15) is 26.0 Å². The van der Waals surface area contributed by atoms with E-state index in [1.165, 1.54) is 6.42 Å². The van der Waals surface area contributed by atoms with E-state index >= 15 is 0 Å². The van der Waals surface area contributed by atoms with Crippen molar-refractivity contribution >= 4 is 5.95 Å². The summed E-state index contributed by atoms with van der Waals surface area (Å²) in [7, 11) is 1.62. The summed E-state index contributed by atoms with van der Waals surface area (Å²) in [5.74, 6) is 1.24. The van der Waals surface area contributed by atoms with Gasteiger partial charge in [0, 0.05) is 24.8 Å². The number of nitrogens with one attached hydrogen (secondary N) is 1. The Bertz CT molecular complexity index is 357. The predicted octanol–water partition coefficient (Wildman–Crippen LogP) is 1.94. The van der Waals surface area contributed by atoms with Crippen LogP contribution < -0.4 is 10.1 Å². The van der Waals surface area contributed by atoms with E-state index in [9.17, 15) is 0 Å². The van der Waals surface area contributed by atoms with Crippen LogP contribution in [0.15, 0.2) is 6.07 Å². The molecule has 0 unspecified atom stereocenters. The third kappa shape index (κ3) is 4.87. The summed E-state index contributed by atoms with van der Waals surface area (Å²) in [4.78, 5) is 11.0. The minimum Gasteiger partial charge on any atom is -0.481 e. The van der Waals surface area contributed by atoms with Crippen molar-refractivity contribution in [3.8, 4) is 5.88 Å². The number of nitrogens with zero attached hydrogens (tertiary/aromatic N) is 3. The molecule has 1 aromatic rings. The van der Waals surface area contributed by atoms with E-state index in [4.69, 9.17) is 4.74 Å². The van der Waals surface area contributed by atoms with Crippen molar-refractivity contribution in [3.05, 3.63) is 11.8 Å². The smallest absolute Gasteiger partial charge is 0.226 e. The van der Waals surface area contributed by atoms with Gasteiger partial charge in [0.25, 0.3) is 0 Å². The Hall–Kier alpha value is -1.36. The summed E-state index contributed by atoms with van der Waals surface area (Å²) in [5.41, 5.74) is 0.908. The number of aromatic nitrogens is 2. The van der Waals surface area contributed by atoms with Crippen LogP contribution in [-0.2, 0) is 0 Å². The first-order valence-corrected chi connectivity index (χ1v) is 6.55. The Morgan fingerprint density at radius 2 is 2.06 bits per heavy atom. The Labute approximate surface area is 110 Å². The molecule has 0 saturated carbocycles. The maximum atomic E-state index is 5.12. The number of anilines is 1. The highest BCUT2D eigenvalue weighted by molar-refractivity contribution is 5.30. The third-order valence-electron chi connectivity index (χ3n) is 2.74. The van der Waals surface area contributed by atoms with E-state index in [1.54, 1.807) is 7.11 Å². The molecule has 0 radical (unpaired) electrons. The van der Waals surface area contributed by atoms with E-state index < -0.39 is 0 Å². The standard InChI is InChI=1S/C13H24N4O/c1-5-8-17(6-2)9-7-14-13-15-11(3)10-12(16-13)18-4/h10H,5-9H2,1-4H3,(H,14,15,16). The molecule has 1 aromatic heterocycles. The van der Waals surface area contributed by atoms with Gasteiger partial charge in [0.05, 0.1) is 7.11 Å². The van der Waals surface area contributed by atoms with Crippen LogP contribution in [0.2, 0.25) is 0 Å². The fourth-order valence-corrected chi connectivity index (χ4v) is 1.79. The van der Waals surface area contributed by atoms with Gasteiger partial charge in [0.1, 0.15) is 0 Å². The minimum absolute atomic E-state index is 0.603. The van der Waals surface area contributed by atoms with Gasteiger partial charge in [-0.3, -0.25) is 0 Å². The second kappa shape index (κ2) is 7.87. The van der Waals surface area contributed by atoms with Crippen LogP contribution in [-0.4, -0.2) is 48.2 Å². The zero-order valence-corrected chi connectivity index (χ0v) is 11.9. The van der Waals surface area contributed by atoms with Crippen LogP contribution >= 0.6 is 0 Å². The van der Waals surface area contributed by atoms with Crippen LogP contribution in [0, 0.1) is 6.92 Å². The summed E-state index contributed by atoms with van der Waals surface area (Å²) in [5, 5.41) is 3.24. The van der Waals surface area contributed by atoms with Crippen LogP contribution in [0.25, 0.3) is 0 Å². The molecule has 0 fully saturated rings. The molecule has 5 nitrogen and oxygen atoms in total. The lowest BCUT2D eigenvalue weighted by Gasteiger charge is -2.19. The topological polar surface area (TPSA) is 50.3 Å². The molecule has 5 heteroatoms. The molecule has 0 saturated heterocycles. The Balaban J connectivity index is 2.45. The van der Waals surface area contributed by atoms with Crippen LogP contribution in [0.5, 0.6) is 5.88 Å². The highest BCUT2D eigenvalue weighted by atomic mass is 16.5. The molecular formula is C13H24N4O. The van der Waals surface area contributed by atoms with Gasteiger partial charge in [-0.25, -0.2) is 4.98 Å². The average molecular weight is 252 g/mol. The lowest BCUT2D eigenvalue weighted by Crippen LogP contribution is -2.30.